The van der Waals surface area contributed by atoms with Crippen LogP contribution >= 0.6 is 0 Å². The Morgan fingerprint density at radius 2 is 0.643 bits per heavy atom. The molecule has 0 aliphatic carbocycles. The highest BCUT2D eigenvalue weighted by molar-refractivity contribution is 5.71. The summed E-state index contributed by atoms with van der Waals surface area (Å²) in [7, 11) is 0. The molecule has 0 aliphatic heterocycles. The van der Waals surface area contributed by atoms with E-state index in [2.05, 4.69) is 45.1 Å². The van der Waals surface area contributed by atoms with Crippen LogP contribution in [0.3, 0.4) is 0 Å². The second-order valence-corrected chi connectivity index (χ2v) is 16.4. The highest BCUT2D eigenvalue weighted by Gasteiger charge is 2.19. The van der Waals surface area contributed by atoms with Crippen molar-refractivity contribution in [3.8, 4) is 0 Å². The minimum absolute atomic E-state index is 0.0751. The molecular formula is C50H92O6. The van der Waals surface area contributed by atoms with Crippen LogP contribution in [0.25, 0.3) is 0 Å². The molecule has 0 rings (SSSR count). The normalized spacial score (nSPS) is 12.1. The first-order valence-corrected chi connectivity index (χ1v) is 24.4. The Kier molecular flexibility index (Phi) is 43.9. The molecule has 6 heteroatoms. The third-order valence-corrected chi connectivity index (χ3v) is 10.7. The van der Waals surface area contributed by atoms with E-state index in [-0.39, 0.29) is 31.1 Å². The molecule has 0 saturated carbocycles. The van der Waals surface area contributed by atoms with E-state index in [4.69, 9.17) is 14.2 Å². The van der Waals surface area contributed by atoms with Crippen molar-refractivity contribution in [2.24, 2.45) is 0 Å². The summed E-state index contributed by atoms with van der Waals surface area (Å²) in [6, 6.07) is 0. The van der Waals surface area contributed by atoms with Crippen molar-refractivity contribution >= 4 is 17.9 Å². The maximum Gasteiger partial charge on any atom is 0.306 e. The standard InChI is InChI=1S/C50H92O6/c1-4-7-10-13-16-19-22-24-26-28-31-34-37-40-43-49(52)55-46-47(45-54-48(51)42-39-36-33-30-27-21-18-15-12-9-6-3)56-50(53)44-41-38-35-32-29-25-23-20-17-14-11-8-5-2/h15,18,21,27,47H,4-14,16-17,19-20,22-26,28-46H2,1-3H3/b18-15-,27-21-. The van der Waals surface area contributed by atoms with Gasteiger partial charge >= 0.3 is 17.9 Å². The second-order valence-electron chi connectivity index (χ2n) is 16.4. The summed E-state index contributed by atoms with van der Waals surface area (Å²) in [6.45, 7) is 6.58. The number of carbonyl (C=O) groups excluding carboxylic acids is 3. The van der Waals surface area contributed by atoms with Gasteiger partial charge in [-0.05, 0) is 38.5 Å². The lowest BCUT2D eigenvalue weighted by molar-refractivity contribution is -0.167. The topological polar surface area (TPSA) is 78.9 Å². The van der Waals surface area contributed by atoms with Gasteiger partial charge in [0.25, 0.3) is 0 Å². The van der Waals surface area contributed by atoms with Crippen LogP contribution in [-0.4, -0.2) is 37.2 Å². The van der Waals surface area contributed by atoms with Crippen LogP contribution in [0.5, 0.6) is 0 Å². The molecule has 0 heterocycles. The van der Waals surface area contributed by atoms with Gasteiger partial charge in [0.1, 0.15) is 13.2 Å². The summed E-state index contributed by atoms with van der Waals surface area (Å²) in [5.41, 5.74) is 0. The van der Waals surface area contributed by atoms with Crippen LogP contribution in [0.15, 0.2) is 24.3 Å². The molecule has 6 nitrogen and oxygen atoms in total. The summed E-state index contributed by atoms with van der Waals surface area (Å²) < 4.78 is 16.7. The van der Waals surface area contributed by atoms with E-state index in [1.807, 2.05) is 0 Å². The van der Waals surface area contributed by atoms with Gasteiger partial charge in [-0.2, -0.15) is 0 Å². The second kappa shape index (κ2) is 45.6. The fourth-order valence-corrected chi connectivity index (χ4v) is 7.01. The van der Waals surface area contributed by atoms with Gasteiger partial charge in [0.2, 0.25) is 0 Å². The minimum atomic E-state index is -0.774. The first-order chi connectivity index (χ1) is 27.5. The molecule has 56 heavy (non-hydrogen) atoms. The fourth-order valence-electron chi connectivity index (χ4n) is 7.01. The molecule has 1 atom stereocenters. The van der Waals surface area contributed by atoms with Crippen molar-refractivity contribution < 1.29 is 28.6 Å². The lowest BCUT2D eigenvalue weighted by atomic mass is 10.0. The molecule has 328 valence electrons. The highest BCUT2D eigenvalue weighted by atomic mass is 16.6. The van der Waals surface area contributed by atoms with Gasteiger partial charge in [-0.1, -0.05) is 225 Å². The van der Waals surface area contributed by atoms with Gasteiger partial charge in [0, 0.05) is 19.3 Å². The van der Waals surface area contributed by atoms with Crippen molar-refractivity contribution in [3.63, 3.8) is 0 Å². The number of hydrogen-bond acceptors (Lipinski definition) is 6. The number of ether oxygens (including phenoxy) is 3. The van der Waals surface area contributed by atoms with Gasteiger partial charge in [-0.15, -0.1) is 0 Å². The molecule has 0 amide bonds. The summed E-state index contributed by atoms with van der Waals surface area (Å²) in [5.74, 6) is -0.894. The van der Waals surface area contributed by atoms with Crippen LogP contribution in [0.2, 0.25) is 0 Å². The van der Waals surface area contributed by atoms with E-state index in [0.717, 1.165) is 70.6 Å². The van der Waals surface area contributed by atoms with E-state index < -0.39 is 6.10 Å². The maximum absolute atomic E-state index is 12.7. The summed E-state index contributed by atoms with van der Waals surface area (Å²) >= 11 is 0. The predicted molar refractivity (Wildman–Crippen MR) is 238 cm³/mol. The lowest BCUT2D eigenvalue weighted by Gasteiger charge is -2.18. The van der Waals surface area contributed by atoms with Crippen LogP contribution in [0.1, 0.15) is 258 Å². The van der Waals surface area contributed by atoms with E-state index in [1.54, 1.807) is 0 Å². The first kappa shape index (κ1) is 53.9. The van der Waals surface area contributed by atoms with Crippen molar-refractivity contribution in [1.29, 1.82) is 0 Å². The monoisotopic (exact) mass is 789 g/mol. The number of hydrogen-bond donors (Lipinski definition) is 0. The van der Waals surface area contributed by atoms with Crippen LogP contribution in [0.4, 0.5) is 0 Å². The average molecular weight is 789 g/mol. The number of rotatable bonds is 44. The average Bonchev–Trinajstić information content (AvgIpc) is 3.19. The van der Waals surface area contributed by atoms with E-state index in [0.29, 0.717) is 19.3 Å². The van der Waals surface area contributed by atoms with Crippen LogP contribution in [0, 0.1) is 0 Å². The summed E-state index contributed by atoms with van der Waals surface area (Å²) in [4.78, 5) is 37.8. The van der Waals surface area contributed by atoms with Crippen LogP contribution in [-0.2, 0) is 28.6 Å². The van der Waals surface area contributed by atoms with Crippen molar-refractivity contribution in [2.45, 2.75) is 264 Å². The third kappa shape index (κ3) is 43.0. The third-order valence-electron chi connectivity index (χ3n) is 10.7. The van der Waals surface area contributed by atoms with Crippen molar-refractivity contribution in [3.05, 3.63) is 24.3 Å². The number of unbranched alkanes of at least 4 members (excludes halogenated alkanes) is 30. The van der Waals surface area contributed by atoms with E-state index >= 15 is 0 Å². The number of allylic oxidation sites excluding steroid dienone is 4. The maximum atomic E-state index is 12.7. The Bertz CT molecular complexity index is 911. The smallest absolute Gasteiger partial charge is 0.306 e. The Hall–Kier alpha value is -2.11. The summed E-state index contributed by atoms with van der Waals surface area (Å²) in [6.07, 6.45) is 50.1. The molecule has 0 aromatic heterocycles. The van der Waals surface area contributed by atoms with E-state index in [1.165, 1.54) is 148 Å². The molecule has 0 N–H and O–H groups in total. The molecule has 0 fully saturated rings. The molecule has 0 spiro atoms. The largest absolute Gasteiger partial charge is 0.462 e. The zero-order valence-electron chi connectivity index (χ0n) is 37.4. The minimum Gasteiger partial charge on any atom is -0.462 e. The molecule has 0 bridgehead atoms. The highest BCUT2D eigenvalue weighted by Crippen LogP contribution is 2.16. The molecule has 0 aliphatic rings. The van der Waals surface area contributed by atoms with Crippen molar-refractivity contribution in [1.82, 2.24) is 0 Å². The predicted octanol–water partition coefficient (Wildman–Crippen LogP) is 15.6. The van der Waals surface area contributed by atoms with Crippen molar-refractivity contribution in [2.75, 3.05) is 13.2 Å². The first-order valence-electron chi connectivity index (χ1n) is 24.4. The Morgan fingerprint density at radius 1 is 0.357 bits per heavy atom. The molecule has 0 saturated heterocycles. The molecule has 1 unspecified atom stereocenters. The SMILES string of the molecule is CCCC/C=C\C=C/CCCCCC(=O)OCC(COC(=O)CCCCCCCCCCCCCCCC)OC(=O)CCCCCCCCCCCCCCC. The van der Waals surface area contributed by atoms with Gasteiger partial charge < -0.3 is 14.2 Å². The number of esters is 3. The molecule has 0 aromatic carbocycles. The summed E-state index contributed by atoms with van der Waals surface area (Å²) in [5, 5.41) is 0. The lowest BCUT2D eigenvalue weighted by Crippen LogP contribution is -2.30. The quantitative estimate of drug-likeness (QED) is 0.0265. The van der Waals surface area contributed by atoms with Crippen LogP contribution < -0.4 is 0 Å². The molecule has 0 aromatic rings. The Balaban J connectivity index is 4.36. The zero-order valence-corrected chi connectivity index (χ0v) is 37.4. The fraction of sp³-hybridized carbons (Fsp3) is 0.860. The molecule has 0 radical (unpaired) electrons. The van der Waals surface area contributed by atoms with Gasteiger partial charge in [0.15, 0.2) is 6.10 Å². The van der Waals surface area contributed by atoms with Gasteiger partial charge in [0.05, 0.1) is 0 Å². The Morgan fingerprint density at radius 3 is 1.00 bits per heavy atom. The molecular weight excluding hydrogens is 697 g/mol. The van der Waals surface area contributed by atoms with Gasteiger partial charge in [-0.3, -0.25) is 14.4 Å². The Labute approximate surface area is 347 Å². The van der Waals surface area contributed by atoms with Gasteiger partial charge in [-0.25, -0.2) is 0 Å². The number of carbonyl (C=O) groups is 3. The van der Waals surface area contributed by atoms with E-state index in [9.17, 15) is 14.4 Å². The zero-order chi connectivity index (χ0) is 40.8.